The molecule has 1 heterocycles. The van der Waals surface area contributed by atoms with Crippen LogP contribution in [0.4, 0.5) is 5.69 Å². The fourth-order valence-electron chi connectivity index (χ4n) is 2.97. The maximum atomic E-state index is 11.3. The molecule has 0 aliphatic carbocycles. The van der Waals surface area contributed by atoms with E-state index in [1.807, 2.05) is 65.3 Å². The Morgan fingerprint density at radius 2 is 1.59 bits per heavy atom. The van der Waals surface area contributed by atoms with Crippen LogP contribution in [0.1, 0.15) is 11.1 Å². The van der Waals surface area contributed by atoms with E-state index in [4.69, 9.17) is 4.74 Å². The fraction of sp³-hybridized carbons (Fsp3) is 0.0952. The fourth-order valence-corrected chi connectivity index (χ4v) is 2.97. The summed E-state index contributed by atoms with van der Waals surface area (Å²) in [4.78, 5) is 0. The number of nitrogens with zero attached hydrogens (tertiary/aromatic N) is 3. The lowest BCUT2D eigenvalue weighted by atomic mass is 10.2. The van der Waals surface area contributed by atoms with E-state index < -0.39 is 0 Å². The van der Waals surface area contributed by atoms with Crippen molar-refractivity contribution < 1.29 is 9.94 Å². The van der Waals surface area contributed by atoms with Gasteiger partial charge in [0.15, 0.2) is 0 Å². The Hall–Kier alpha value is -3.35. The molecule has 0 bridgehead atoms. The van der Waals surface area contributed by atoms with Crippen LogP contribution in [-0.4, -0.2) is 15.0 Å². The largest absolute Gasteiger partial charge is 0.733 e. The maximum absolute atomic E-state index is 11.3. The van der Waals surface area contributed by atoms with Crippen molar-refractivity contribution in [3.8, 4) is 5.88 Å². The van der Waals surface area contributed by atoms with Crippen LogP contribution < -0.4 is 9.96 Å². The number of hydrogen-bond acceptors (Lipinski definition) is 5. The molecule has 136 valence electrons. The van der Waals surface area contributed by atoms with Gasteiger partial charge in [-0.2, -0.15) is 0 Å². The molecule has 4 rings (SSSR count). The molecule has 1 N–H and O–H groups in total. The van der Waals surface area contributed by atoms with Crippen molar-refractivity contribution in [2.75, 3.05) is 5.23 Å². The van der Waals surface area contributed by atoms with Crippen molar-refractivity contribution in [1.82, 2.24) is 9.78 Å². The van der Waals surface area contributed by atoms with Crippen LogP contribution in [-0.2, 0) is 13.2 Å². The van der Waals surface area contributed by atoms with Crippen LogP contribution in [0.5, 0.6) is 5.88 Å². The second-order valence-electron chi connectivity index (χ2n) is 6.20. The minimum atomic E-state index is -0.158. The number of rotatable bonds is 6. The third-order valence-corrected chi connectivity index (χ3v) is 4.31. The Morgan fingerprint density at radius 3 is 2.26 bits per heavy atom. The highest BCUT2D eigenvalue weighted by Crippen LogP contribution is 2.30. The van der Waals surface area contributed by atoms with Crippen molar-refractivity contribution >= 4 is 16.6 Å². The lowest BCUT2D eigenvalue weighted by molar-refractivity contribution is 0.293. The third-order valence-electron chi connectivity index (χ3n) is 4.31. The van der Waals surface area contributed by atoms with Gasteiger partial charge >= 0.3 is 0 Å². The summed E-state index contributed by atoms with van der Waals surface area (Å²) in [7, 11) is 0. The Morgan fingerprint density at radius 1 is 0.926 bits per heavy atom. The van der Waals surface area contributed by atoms with Crippen LogP contribution in [0, 0.1) is 5.21 Å². The van der Waals surface area contributed by atoms with Gasteiger partial charge in [-0.1, -0.05) is 60.7 Å². The topological polar surface area (TPSA) is 73.6 Å². The number of anilines is 1. The standard InChI is InChI=1S/C21H18N3O3/c25-24(26)18-11-12-20-19(13-18)21(27-15-17-9-5-2-6-10-17)22-23(20)14-16-7-3-1-4-8-16/h1-13,25H,14-15H2/q-1. The Labute approximate surface area is 156 Å². The normalized spacial score (nSPS) is 10.9. The van der Waals surface area contributed by atoms with Crippen LogP contribution in [0.25, 0.3) is 10.9 Å². The van der Waals surface area contributed by atoms with E-state index >= 15 is 0 Å². The van der Waals surface area contributed by atoms with Gasteiger partial charge in [-0.3, -0.25) is 9.89 Å². The zero-order chi connectivity index (χ0) is 18.6. The molecular formula is C21H18N3O3-. The summed E-state index contributed by atoms with van der Waals surface area (Å²) in [5, 5.41) is 25.6. The second-order valence-corrected chi connectivity index (χ2v) is 6.20. The zero-order valence-corrected chi connectivity index (χ0v) is 14.5. The summed E-state index contributed by atoms with van der Waals surface area (Å²) in [5.74, 6) is 0.425. The molecule has 0 spiro atoms. The van der Waals surface area contributed by atoms with Gasteiger partial charge in [0.25, 0.3) is 0 Å². The average Bonchev–Trinajstić information content (AvgIpc) is 3.05. The van der Waals surface area contributed by atoms with E-state index in [0.29, 0.717) is 24.4 Å². The molecular weight excluding hydrogens is 342 g/mol. The number of fused-ring (bicyclic) bond motifs is 1. The highest BCUT2D eigenvalue weighted by Gasteiger charge is 2.13. The van der Waals surface area contributed by atoms with Gasteiger partial charge in [-0.25, -0.2) is 0 Å². The summed E-state index contributed by atoms with van der Waals surface area (Å²) in [5.41, 5.74) is 3.08. The van der Waals surface area contributed by atoms with Crippen molar-refractivity contribution in [1.29, 1.82) is 0 Å². The van der Waals surface area contributed by atoms with Crippen molar-refractivity contribution in [2.24, 2.45) is 0 Å². The minimum absolute atomic E-state index is 0.131. The smallest absolute Gasteiger partial charge is 0.241 e. The molecule has 0 radical (unpaired) electrons. The molecule has 0 aliphatic heterocycles. The van der Waals surface area contributed by atoms with Crippen LogP contribution in [0.3, 0.4) is 0 Å². The molecule has 0 aliphatic rings. The first kappa shape index (κ1) is 17.1. The molecule has 0 atom stereocenters. The van der Waals surface area contributed by atoms with E-state index in [0.717, 1.165) is 16.6 Å². The molecule has 27 heavy (non-hydrogen) atoms. The molecule has 6 heteroatoms. The van der Waals surface area contributed by atoms with E-state index in [-0.39, 0.29) is 10.9 Å². The molecule has 0 saturated carbocycles. The predicted molar refractivity (Wildman–Crippen MR) is 104 cm³/mol. The average molecular weight is 360 g/mol. The molecule has 0 amide bonds. The number of aromatic nitrogens is 2. The summed E-state index contributed by atoms with van der Waals surface area (Å²) in [6.07, 6.45) is 0. The highest BCUT2D eigenvalue weighted by molar-refractivity contribution is 5.88. The third kappa shape index (κ3) is 3.76. The Kier molecular flexibility index (Phi) is 4.74. The maximum Gasteiger partial charge on any atom is 0.241 e. The van der Waals surface area contributed by atoms with E-state index in [9.17, 15) is 10.4 Å². The van der Waals surface area contributed by atoms with Crippen molar-refractivity contribution in [3.63, 3.8) is 0 Å². The number of ether oxygens (including phenoxy) is 1. The van der Waals surface area contributed by atoms with Crippen molar-refractivity contribution in [3.05, 3.63) is 95.2 Å². The Balaban J connectivity index is 1.70. The summed E-state index contributed by atoms with van der Waals surface area (Å²) in [6, 6.07) is 24.7. The van der Waals surface area contributed by atoms with Gasteiger partial charge in [0.2, 0.25) is 5.88 Å². The lowest BCUT2D eigenvalue weighted by Gasteiger charge is -2.21. The Bertz CT molecular complexity index is 1030. The molecule has 0 unspecified atom stereocenters. The van der Waals surface area contributed by atoms with Gasteiger partial charge < -0.3 is 15.2 Å². The van der Waals surface area contributed by atoms with Crippen LogP contribution in [0.15, 0.2) is 78.9 Å². The molecule has 3 aromatic carbocycles. The first-order valence-corrected chi connectivity index (χ1v) is 8.58. The number of benzene rings is 3. The van der Waals surface area contributed by atoms with Crippen LogP contribution in [0.2, 0.25) is 0 Å². The highest BCUT2D eigenvalue weighted by atomic mass is 16.8. The monoisotopic (exact) mass is 360 g/mol. The summed E-state index contributed by atoms with van der Waals surface area (Å²) in [6.45, 7) is 0.939. The molecule has 6 nitrogen and oxygen atoms in total. The van der Waals surface area contributed by atoms with Gasteiger partial charge in [0.05, 0.1) is 23.1 Å². The van der Waals surface area contributed by atoms with Gasteiger partial charge in [0.1, 0.15) is 6.61 Å². The van der Waals surface area contributed by atoms with Crippen molar-refractivity contribution in [2.45, 2.75) is 13.2 Å². The lowest BCUT2D eigenvalue weighted by Crippen LogP contribution is -2.06. The molecule has 4 aromatic rings. The predicted octanol–water partition coefficient (Wildman–Crippen LogP) is 4.36. The van der Waals surface area contributed by atoms with Gasteiger partial charge in [-0.05, 0) is 29.3 Å². The first-order chi connectivity index (χ1) is 13.2. The SMILES string of the molecule is [O-]N(O)c1ccc2c(c1)c(OCc1ccccc1)nn2Cc1ccccc1. The quantitative estimate of drug-likeness (QED) is 0.517. The van der Waals surface area contributed by atoms with Crippen LogP contribution >= 0.6 is 0 Å². The summed E-state index contributed by atoms with van der Waals surface area (Å²) < 4.78 is 7.76. The number of hydrogen-bond donors (Lipinski definition) is 1. The molecule has 0 saturated heterocycles. The minimum Gasteiger partial charge on any atom is -0.733 e. The zero-order valence-electron chi connectivity index (χ0n) is 14.5. The van der Waals surface area contributed by atoms with Gasteiger partial charge in [-0.15, -0.1) is 5.10 Å². The second kappa shape index (κ2) is 7.49. The van der Waals surface area contributed by atoms with E-state index in [2.05, 4.69) is 5.10 Å². The van der Waals surface area contributed by atoms with E-state index in [1.165, 1.54) is 0 Å². The van der Waals surface area contributed by atoms with E-state index in [1.54, 1.807) is 18.2 Å². The molecule has 1 aromatic heterocycles. The molecule has 0 fully saturated rings. The summed E-state index contributed by atoms with van der Waals surface area (Å²) >= 11 is 0. The first-order valence-electron chi connectivity index (χ1n) is 8.58. The van der Waals surface area contributed by atoms with Gasteiger partial charge in [0, 0.05) is 0 Å².